The van der Waals surface area contributed by atoms with E-state index in [-0.39, 0.29) is 17.5 Å². The fourth-order valence-electron chi connectivity index (χ4n) is 3.23. The fourth-order valence-corrected chi connectivity index (χ4v) is 4.30. The molecular weight excluding hydrogens is 357 g/mol. The van der Waals surface area contributed by atoms with Crippen LogP contribution in [0.2, 0.25) is 0 Å². The Balaban J connectivity index is 1.62. The van der Waals surface area contributed by atoms with Crippen molar-refractivity contribution in [2.24, 2.45) is 0 Å². The molecule has 1 aliphatic heterocycles. The van der Waals surface area contributed by atoms with E-state index < -0.39 is 15.8 Å². The Morgan fingerprint density at radius 1 is 1.27 bits per heavy atom. The lowest BCUT2D eigenvalue weighted by Crippen LogP contribution is -2.35. The first kappa shape index (κ1) is 17.1. The van der Waals surface area contributed by atoms with Crippen molar-refractivity contribution in [1.82, 2.24) is 14.3 Å². The van der Waals surface area contributed by atoms with Crippen molar-refractivity contribution in [3.8, 4) is 0 Å². The standard InChI is InChI=1S/C18H18FN3O3S/c1-12-3-2-4-16-18(12)21-17-11-25-10-14(22(16)17)9-20-26(23,24)15-7-5-13(19)6-8-15/h2-8,14,20H,9-11H2,1H3. The molecule has 0 bridgehead atoms. The molecule has 8 heteroatoms. The van der Waals surface area contributed by atoms with Gasteiger partial charge in [-0.3, -0.25) is 0 Å². The Labute approximate surface area is 150 Å². The van der Waals surface area contributed by atoms with E-state index in [9.17, 15) is 12.8 Å². The maximum Gasteiger partial charge on any atom is 0.240 e. The Kier molecular flexibility index (Phi) is 4.26. The average Bonchev–Trinajstić information content (AvgIpc) is 3.01. The number of hydrogen-bond acceptors (Lipinski definition) is 4. The molecule has 136 valence electrons. The largest absolute Gasteiger partial charge is 0.371 e. The summed E-state index contributed by atoms with van der Waals surface area (Å²) in [5.74, 6) is 0.307. The highest BCUT2D eigenvalue weighted by atomic mass is 32.2. The molecule has 1 atom stereocenters. The van der Waals surface area contributed by atoms with Gasteiger partial charge < -0.3 is 9.30 Å². The molecule has 0 spiro atoms. The second-order valence-corrected chi connectivity index (χ2v) is 8.08. The number of ether oxygens (including phenoxy) is 1. The van der Waals surface area contributed by atoms with Crippen molar-refractivity contribution >= 4 is 21.1 Å². The van der Waals surface area contributed by atoms with E-state index >= 15 is 0 Å². The lowest BCUT2D eigenvalue weighted by atomic mass is 10.2. The van der Waals surface area contributed by atoms with Crippen molar-refractivity contribution in [3.63, 3.8) is 0 Å². The SMILES string of the molecule is Cc1cccc2c1nc1n2C(CNS(=O)(=O)c2ccc(F)cc2)COC1. The summed E-state index contributed by atoms with van der Waals surface area (Å²) in [7, 11) is -3.73. The maximum atomic E-state index is 13.0. The number of imidazole rings is 1. The summed E-state index contributed by atoms with van der Waals surface area (Å²) < 4.78 is 48.2. The second-order valence-electron chi connectivity index (χ2n) is 6.32. The smallest absolute Gasteiger partial charge is 0.240 e. The minimum atomic E-state index is -3.73. The summed E-state index contributed by atoms with van der Waals surface area (Å²) in [6.45, 7) is 2.94. The Bertz CT molecular complexity index is 1060. The molecule has 1 aliphatic rings. The van der Waals surface area contributed by atoms with Gasteiger partial charge in [0.1, 0.15) is 18.2 Å². The molecule has 0 saturated carbocycles. The van der Waals surface area contributed by atoms with Crippen LogP contribution < -0.4 is 4.72 Å². The zero-order valence-electron chi connectivity index (χ0n) is 14.1. The minimum Gasteiger partial charge on any atom is -0.371 e. The lowest BCUT2D eigenvalue weighted by Gasteiger charge is -2.26. The van der Waals surface area contributed by atoms with Crippen LogP contribution in [0.3, 0.4) is 0 Å². The monoisotopic (exact) mass is 375 g/mol. The van der Waals surface area contributed by atoms with E-state index in [1.54, 1.807) is 0 Å². The third kappa shape index (κ3) is 3.00. The fraction of sp³-hybridized carbons (Fsp3) is 0.278. The van der Waals surface area contributed by atoms with Crippen molar-refractivity contribution in [2.75, 3.05) is 13.2 Å². The number of fused-ring (bicyclic) bond motifs is 3. The van der Waals surface area contributed by atoms with Crippen LogP contribution in [-0.4, -0.2) is 31.1 Å². The topological polar surface area (TPSA) is 73.2 Å². The van der Waals surface area contributed by atoms with Gasteiger partial charge in [-0.2, -0.15) is 0 Å². The number of nitrogens with zero attached hydrogens (tertiary/aromatic N) is 2. The molecule has 0 fully saturated rings. The van der Waals surface area contributed by atoms with Crippen molar-refractivity contribution < 1.29 is 17.5 Å². The first-order chi connectivity index (χ1) is 12.5. The first-order valence-electron chi connectivity index (χ1n) is 8.25. The number of hydrogen-bond donors (Lipinski definition) is 1. The maximum absolute atomic E-state index is 13.0. The number of benzene rings is 2. The summed E-state index contributed by atoms with van der Waals surface area (Å²) >= 11 is 0. The van der Waals surface area contributed by atoms with Crippen LogP contribution in [0.15, 0.2) is 47.4 Å². The Morgan fingerprint density at radius 3 is 2.81 bits per heavy atom. The van der Waals surface area contributed by atoms with Crippen LogP contribution in [0, 0.1) is 12.7 Å². The summed E-state index contributed by atoms with van der Waals surface area (Å²) in [5.41, 5.74) is 2.93. The average molecular weight is 375 g/mol. The van der Waals surface area contributed by atoms with E-state index in [1.165, 1.54) is 12.1 Å². The highest BCUT2D eigenvalue weighted by molar-refractivity contribution is 7.89. The molecule has 1 unspecified atom stereocenters. The summed E-state index contributed by atoms with van der Waals surface area (Å²) in [6.07, 6.45) is 0. The van der Waals surface area contributed by atoms with Crippen LogP contribution >= 0.6 is 0 Å². The number of aromatic nitrogens is 2. The molecule has 0 aliphatic carbocycles. The predicted octanol–water partition coefficient (Wildman–Crippen LogP) is 2.53. The number of sulfonamides is 1. The van der Waals surface area contributed by atoms with Gasteiger partial charge in [0.15, 0.2) is 0 Å². The van der Waals surface area contributed by atoms with Gasteiger partial charge in [-0.15, -0.1) is 0 Å². The molecule has 6 nitrogen and oxygen atoms in total. The van der Waals surface area contributed by atoms with Crippen molar-refractivity contribution in [3.05, 3.63) is 59.7 Å². The number of halogens is 1. The van der Waals surface area contributed by atoms with Crippen molar-refractivity contribution in [1.29, 1.82) is 0 Å². The lowest BCUT2D eigenvalue weighted by molar-refractivity contribution is 0.0581. The zero-order chi connectivity index (χ0) is 18.3. The molecule has 3 aromatic rings. The van der Waals surface area contributed by atoms with Gasteiger partial charge in [-0.1, -0.05) is 12.1 Å². The number of rotatable bonds is 4. The number of nitrogens with one attached hydrogen (secondary N) is 1. The third-order valence-electron chi connectivity index (χ3n) is 4.53. The van der Waals surface area contributed by atoms with Crippen molar-refractivity contribution in [2.45, 2.75) is 24.5 Å². The van der Waals surface area contributed by atoms with Crippen LogP contribution in [0.1, 0.15) is 17.4 Å². The summed E-state index contributed by atoms with van der Waals surface area (Å²) in [6, 6.07) is 10.5. The molecule has 0 saturated heterocycles. The normalized spacial score (nSPS) is 17.4. The van der Waals surface area contributed by atoms with Crippen LogP contribution in [-0.2, 0) is 21.4 Å². The second kappa shape index (κ2) is 6.46. The van der Waals surface area contributed by atoms with Gasteiger partial charge in [-0.25, -0.2) is 22.5 Å². The van der Waals surface area contributed by atoms with Crippen LogP contribution in [0.4, 0.5) is 4.39 Å². The minimum absolute atomic E-state index is 0.0298. The molecule has 2 aromatic carbocycles. The van der Waals surface area contributed by atoms with E-state index in [0.29, 0.717) is 13.2 Å². The third-order valence-corrected chi connectivity index (χ3v) is 5.97. The molecular formula is C18H18FN3O3S. The van der Waals surface area contributed by atoms with Gasteiger partial charge in [-0.05, 0) is 42.8 Å². The zero-order valence-corrected chi connectivity index (χ0v) is 15.0. The van der Waals surface area contributed by atoms with Gasteiger partial charge in [0.25, 0.3) is 0 Å². The molecule has 2 heterocycles. The molecule has 26 heavy (non-hydrogen) atoms. The number of aryl methyl sites for hydroxylation is 1. The van der Waals surface area contributed by atoms with Gasteiger partial charge >= 0.3 is 0 Å². The van der Waals surface area contributed by atoms with E-state index in [0.717, 1.165) is 34.6 Å². The molecule has 0 amide bonds. The van der Waals surface area contributed by atoms with Gasteiger partial charge in [0.05, 0.1) is 28.6 Å². The quantitative estimate of drug-likeness (QED) is 0.761. The molecule has 1 aromatic heterocycles. The highest BCUT2D eigenvalue weighted by Crippen LogP contribution is 2.27. The van der Waals surface area contributed by atoms with E-state index in [4.69, 9.17) is 4.74 Å². The summed E-state index contributed by atoms with van der Waals surface area (Å²) in [4.78, 5) is 4.66. The van der Waals surface area contributed by atoms with E-state index in [1.807, 2.05) is 29.7 Å². The molecule has 1 N–H and O–H groups in total. The summed E-state index contributed by atoms with van der Waals surface area (Å²) in [5, 5.41) is 0. The molecule has 0 radical (unpaired) electrons. The van der Waals surface area contributed by atoms with Gasteiger partial charge in [0, 0.05) is 6.54 Å². The Hall–Kier alpha value is -2.29. The van der Waals surface area contributed by atoms with Gasteiger partial charge in [0.2, 0.25) is 10.0 Å². The highest BCUT2D eigenvalue weighted by Gasteiger charge is 2.26. The molecule has 4 rings (SSSR count). The Morgan fingerprint density at radius 2 is 2.04 bits per heavy atom. The van der Waals surface area contributed by atoms with Crippen LogP contribution in [0.5, 0.6) is 0 Å². The number of para-hydroxylation sites is 1. The van der Waals surface area contributed by atoms with Crippen LogP contribution in [0.25, 0.3) is 11.0 Å². The predicted molar refractivity (Wildman–Crippen MR) is 94.8 cm³/mol. The first-order valence-corrected chi connectivity index (χ1v) is 9.73. The van der Waals surface area contributed by atoms with E-state index in [2.05, 4.69) is 9.71 Å².